The van der Waals surface area contributed by atoms with Gasteiger partial charge in [0.25, 0.3) is 11.6 Å². The number of nitrogens with one attached hydrogen (secondary N) is 1. The van der Waals surface area contributed by atoms with Crippen molar-refractivity contribution in [3.8, 4) is 5.75 Å². The molecule has 0 atom stereocenters. The Morgan fingerprint density at radius 1 is 1.14 bits per heavy atom. The van der Waals surface area contributed by atoms with Crippen LogP contribution in [0.3, 0.4) is 0 Å². The number of benzene rings is 2. The second kappa shape index (κ2) is 9.56. The second-order valence-corrected chi connectivity index (χ2v) is 6.76. The molecule has 1 heterocycles. The lowest BCUT2D eigenvalue weighted by Gasteiger charge is -2.06. The van der Waals surface area contributed by atoms with E-state index in [1.807, 2.05) is 24.3 Å². The summed E-state index contributed by atoms with van der Waals surface area (Å²) in [5, 5.41) is 14.5. The highest BCUT2D eigenvalue weighted by molar-refractivity contribution is 9.10. The van der Waals surface area contributed by atoms with E-state index < -0.39 is 10.8 Å². The van der Waals surface area contributed by atoms with Crippen molar-refractivity contribution in [2.75, 3.05) is 0 Å². The minimum absolute atomic E-state index is 0.0319. The van der Waals surface area contributed by atoms with Crippen LogP contribution in [0, 0.1) is 10.1 Å². The molecule has 9 heteroatoms. The molecule has 8 nitrogen and oxygen atoms in total. The van der Waals surface area contributed by atoms with E-state index in [-0.39, 0.29) is 11.4 Å². The first-order chi connectivity index (χ1) is 14.0. The Labute approximate surface area is 174 Å². The number of rotatable bonds is 7. The van der Waals surface area contributed by atoms with Gasteiger partial charge in [-0.2, -0.15) is 5.10 Å². The molecular weight excluding hydrogens is 440 g/mol. The van der Waals surface area contributed by atoms with Gasteiger partial charge in [-0.25, -0.2) is 10.4 Å². The predicted molar refractivity (Wildman–Crippen MR) is 111 cm³/mol. The largest absolute Gasteiger partial charge is 0.489 e. The van der Waals surface area contributed by atoms with Gasteiger partial charge in [0.2, 0.25) is 0 Å². The molecule has 0 spiro atoms. The van der Waals surface area contributed by atoms with E-state index >= 15 is 0 Å². The van der Waals surface area contributed by atoms with Crippen LogP contribution in [-0.4, -0.2) is 22.0 Å². The molecule has 0 aliphatic carbocycles. The van der Waals surface area contributed by atoms with Gasteiger partial charge in [0.05, 0.1) is 11.1 Å². The van der Waals surface area contributed by atoms with Crippen molar-refractivity contribution in [2.24, 2.45) is 5.10 Å². The molecule has 1 aromatic heterocycles. The first kappa shape index (κ1) is 20.2. The predicted octanol–water partition coefficient (Wildman–Crippen LogP) is 4.10. The third-order valence-electron chi connectivity index (χ3n) is 3.77. The first-order valence-electron chi connectivity index (χ1n) is 8.42. The van der Waals surface area contributed by atoms with E-state index in [1.165, 1.54) is 18.3 Å². The van der Waals surface area contributed by atoms with Crippen LogP contribution in [0.5, 0.6) is 5.75 Å². The van der Waals surface area contributed by atoms with Crippen molar-refractivity contribution in [1.29, 1.82) is 0 Å². The van der Waals surface area contributed by atoms with Crippen molar-refractivity contribution in [1.82, 2.24) is 10.4 Å². The highest BCUT2D eigenvalue weighted by Gasteiger charge is 2.10. The van der Waals surface area contributed by atoms with E-state index in [4.69, 9.17) is 4.74 Å². The minimum Gasteiger partial charge on any atom is -0.489 e. The molecule has 0 bridgehead atoms. The van der Waals surface area contributed by atoms with Crippen LogP contribution in [-0.2, 0) is 6.61 Å². The van der Waals surface area contributed by atoms with E-state index in [1.54, 1.807) is 24.3 Å². The lowest BCUT2D eigenvalue weighted by atomic mass is 10.2. The maximum absolute atomic E-state index is 11.9. The van der Waals surface area contributed by atoms with Crippen LogP contribution in [0.4, 0.5) is 5.69 Å². The van der Waals surface area contributed by atoms with Gasteiger partial charge in [0.15, 0.2) is 0 Å². The highest BCUT2D eigenvalue weighted by Crippen LogP contribution is 2.15. The Bertz CT molecular complexity index is 1020. The molecule has 0 radical (unpaired) electrons. The fourth-order valence-electron chi connectivity index (χ4n) is 2.25. The Balaban J connectivity index is 1.50. The normalized spacial score (nSPS) is 10.7. The fraction of sp³-hybridized carbons (Fsp3) is 0.0500. The summed E-state index contributed by atoms with van der Waals surface area (Å²) < 4.78 is 6.74. The number of carbonyl (C=O) groups excluding carboxylic acids is 1. The SMILES string of the molecule is O=C(NN=Cc1ccc(OCc2ccc(Br)cc2)cc1)c1ccc([N+](=O)[O-])cn1. The summed E-state index contributed by atoms with van der Waals surface area (Å²) in [6, 6.07) is 17.6. The van der Waals surface area contributed by atoms with Crippen molar-refractivity contribution >= 4 is 33.7 Å². The van der Waals surface area contributed by atoms with Crippen molar-refractivity contribution < 1.29 is 14.5 Å². The van der Waals surface area contributed by atoms with Crippen LogP contribution < -0.4 is 10.2 Å². The number of nitrogens with zero attached hydrogens (tertiary/aromatic N) is 3. The van der Waals surface area contributed by atoms with Gasteiger partial charge >= 0.3 is 0 Å². The molecule has 2 aromatic carbocycles. The van der Waals surface area contributed by atoms with Gasteiger partial charge in [0.1, 0.15) is 24.2 Å². The summed E-state index contributed by atoms with van der Waals surface area (Å²) in [6.07, 6.45) is 2.49. The molecule has 3 rings (SSSR count). The Kier molecular flexibility index (Phi) is 6.64. The molecule has 0 saturated heterocycles. The van der Waals surface area contributed by atoms with Gasteiger partial charge in [-0.1, -0.05) is 28.1 Å². The number of amides is 1. The lowest BCUT2D eigenvalue weighted by Crippen LogP contribution is -2.18. The van der Waals surface area contributed by atoms with Crippen molar-refractivity contribution in [3.05, 3.63) is 98.3 Å². The van der Waals surface area contributed by atoms with Gasteiger partial charge in [-0.05, 0) is 53.6 Å². The third kappa shape index (κ3) is 5.94. The number of hydrazone groups is 1. The third-order valence-corrected chi connectivity index (χ3v) is 4.30. The highest BCUT2D eigenvalue weighted by atomic mass is 79.9. The molecule has 0 saturated carbocycles. The summed E-state index contributed by atoms with van der Waals surface area (Å²) in [5.41, 5.74) is 3.99. The van der Waals surface area contributed by atoms with Crippen LogP contribution in [0.25, 0.3) is 0 Å². The number of hydrogen-bond donors (Lipinski definition) is 1. The molecule has 29 heavy (non-hydrogen) atoms. The molecule has 1 amide bonds. The number of pyridine rings is 1. The Hall–Kier alpha value is -3.59. The average molecular weight is 455 g/mol. The smallest absolute Gasteiger partial charge is 0.289 e. The van der Waals surface area contributed by atoms with Crippen LogP contribution in [0.15, 0.2) is 76.4 Å². The second-order valence-electron chi connectivity index (χ2n) is 5.84. The van der Waals surface area contributed by atoms with Gasteiger partial charge in [-0.3, -0.25) is 14.9 Å². The molecule has 1 N–H and O–H groups in total. The standard InChI is InChI=1S/C20H15BrN4O4/c21-16-5-1-15(2-6-16)13-29-18-8-3-14(4-9-18)11-23-24-20(26)19-10-7-17(12-22-19)25(27)28/h1-12H,13H2,(H,24,26). The number of nitro groups is 1. The number of halogens is 1. The molecule has 3 aromatic rings. The zero-order chi connectivity index (χ0) is 20.6. The van der Waals surface area contributed by atoms with Crippen molar-refractivity contribution in [2.45, 2.75) is 6.61 Å². The minimum atomic E-state index is -0.584. The summed E-state index contributed by atoms with van der Waals surface area (Å²) >= 11 is 3.39. The van der Waals surface area contributed by atoms with Gasteiger partial charge < -0.3 is 4.74 Å². The Morgan fingerprint density at radius 3 is 2.48 bits per heavy atom. The van der Waals surface area contributed by atoms with E-state index in [0.717, 1.165) is 21.8 Å². The average Bonchev–Trinajstić information content (AvgIpc) is 2.74. The number of ether oxygens (including phenoxy) is 1. The van der Waals surface area contributed by atoms with Crippen LogP contribution in [0.1, 0.15) is 21.6 Å². The quantitative estimate of drug-likeness (QED) is 0.328. The number of aromatic nitrogens is 1. The van der Waals surface area contributed by atoms with Crippen molar-refractivity contribution in [3.63, 3.8) is 0 Å². The molecule has 146 valence electrons. The topological polar surface area (TPSA) is 107 Å². The van der Waals surface area contributed by atoms with Crippen LogP contribution in [0.2, 0.25) is 0 Å². The fourth-order valence-corrected chi connectivity index (χ4v) is 2.51. The maximum atomic E-state index is 11.9. The van der Waals surface area contributed by atoms with Crippen LogP contribution >= 0.6 is 15.9 Å². The molecule has 0 aliphatic rings. The number of carbonyl (C=O) groups is 1. The van der Waals surface area contributed by atoms with Gasteiger partial charge in [-0.15, -0.1) is 0 Å². The molecule has 0 unspecified atom stereocenters. The zero-order valence-electron chi connectivity index (χ0n) is 15.0. The zero-order valence-corrected chi connectivity index (χ0v) is 16.6. The molecule has 0 aliphatic heterocycles. The first-order valence-corrected chi connectivity index (χ1v) is 9.22. The van der Waals surface area contributed by atoms with E-state index in [2.05, 4.69) is 31.4 Å². The molecule has 0 fully saturated rings. The molecular formula is C20H15BrN4O4. The summed E-state index contributed by atoms with van der Waals surface area (Å²) in [7, 11) is 0. The lowest BCUT2D eigenvalue weighted by molar-refractivity contribution is -0.385. The van der Waals surface area contributed by atoms with Gasteiger partial charge in [0, 0.05) is 10.5 Å². The maximum Gasteiger partial charge on any atom is 0.289 e. The van der Waals surface area contributed by atoms with E-state index in [0.29, 0.717) is 12.4 Å². The van der Waals surface area contributed by atoms with E-state index in [9.17, 15) is 14.9 Å². The monoisotopic (exact) mass is 454 g/mol. The summed E-state index contributed by atoms with van der Waals surface area (Å²) in [4.78, 5) is 25.7. The summed E-state index contributed by atoms with van der Waals surface area (Å²) in [5.74, 6) is 0.148. The number of hydrogen-bond acceptors (Lipinski definition) is 6. The summed E-state index contributed by atoms with van der Waals surface area (Å²) in [6.45, 7) is 0.457. The Morgan fingerprint density at radius 2 is 1.86 bits per heavy atom.